The van der Waals surface area contributed by atoms with Gasteiger partial charge in [0.05, 0.1) is 5.92 Å². The smallest absolute Gasteiger partial charge is 0.314 e. The zero-order chi connectivity index (χ0) is 26.4. The number of halogens is 3. The van der Waals surface area contributed by atoms with Crippen molar-refractivity contribution in [3.8, 4) is 5.75 Å². The highest BCUT2D eigenvalue weighted by Gasteiger charge is 2.31. The molecule has 2 aliphatic rings. The monoisotopic (exact) mass is 514 g/mol. The van der Waals surface area contributed by atoms with E-state index < -0.39 is 17.6 Å². The zero-order valence-corrected chi connectivity index (χ0v) is 22.3. The van der Waals surface area contributed by atoms with Crippen molar-refractivity contribution in [1.29, 1.82) is 0 Å². The number of ether oxygens (including phenoxy) is 1. The molecule has 0 atom stereocenters. The third kappa shape index (κ3) is 6.78. The van der Waals surface area contributed by atoms with Crippen LogP contribution in [0.25, 0.3) is 0 Å². The van der Waals surface area contributed by atoms with Gasteiger partial charge in [0.2, 0.25) is 5.82 Å². The Bertz CT molecular complexity index is 1050. The van der Waals surface area contributed by atoms with E-state index in [-0.39, 0.29) is 29.3 Å². The van der Waals surface area contributed by atoms with E-state index in [0.29, 0.717) is 24.3 Å². The number of esters is 1. The number of benzene rings is 2. The lowest BCUT2D eigenvalue weighted by Gasteiger charge is -2.29. The molecule has 0 aromatic heterocycles. The fraction of sp³-hybridized carbons (Fsp3) is 0.594. The van der Waals surface area contributed by atoms with Crippen molar-refractivity contribution in [2.75, 3.05) is 0 Å². The molecule has 0 aliphatic heterocycles. The SMILES string of the molecule is CCCCc1ccc(C2CCC(C(=O)Oc3ccc(C4CCC(CCC)CC4)c(F)c3F)CC2)cc1F. The second-order valence-electron chi connectivity index (χ2n) is 11.2. The van der Waals surface area contributed by atoms with Crippen LogP contribution in [0.4, 0.5) is 13.2 Å². The maximum atomic E-state index is 15.0. The summed E-state index contributed by atoms with van der Waals surface area (Å²) in [5.74, 6) is -2.38. The summed E-state index contributed by atoms with van der Waals surface area (Å²) in [5, 5.41) is 0. The van der Waals surface area contributed by atoms with Crippen LogP contribution >= 0.6 is 0 Å². The fourth-order valence-electron chi connectivity index (χ4n) is 6.35. The Morgan fingerprint density at radius 1 is 0.838 bits per heavy atom. The summed E-state index contributed by atoms with van der Waals surface area (Å²) < 4.78 is 49.7. The minimum absolute atomic E-state index is 0.0215. The Morgan fingerprint density at radius 2 is 1.54 bits per heavy atom. The molecule has 0 bridgehead atoms. The van der Waals surface area contributed by atoms with Crippen LogP contribution in [0.15, 0.2) is 30.3 Å². The van der Waals surface area contributed by atoms with Crippen molar-refractivity contribution in [2.45, 2.75) is 109 Å². The largest absolute Gasteiger partial charge is 0.423 e. The van der Waals surface area contributed by atoms with Crippen molar-refractivity contribution in [2.24, 2.45) is 11.8 Å². The first kappa shape index (κ1) is 27.7. The molecule has 0 amide bonds. The Labute approximate surface area is 220 Å². The van der Waals surface area contributed by atoms with Crippen molar-refractivity contribution in [1.82, 2.24) is 0 Å². The quantitative estimate of drug-likeness (QED) is 0.246. The first-order chi connectivity index (χ1) is 17.9. The first-order valence-corrected chi connectivity index (χ1v) is 14.4. The summed E-state index contributed by atoms with van der Waals surface area (Å²) >= 11 is 0. The summed E-state index contributed by atoms with van der Waals surface area (Å²) in [5.41, 5.74) is 2.13. The second-order valence-corrected chi connectivity index (χ2v) is 11.2. The van der Waals surface area contributed by atoms with Gasteiger partial charge in [0.25, 0.3) is 0 Å². The molecule has 37 heavy (non-hydrogen) atoms. The van der Waals surface area contributed by atoms with Crippen LogP contribution in [-0.2, 0) is 11.2 Å². The van der Waals surface area contributed by atoms with E-state index in [1.165, 1.54) is 12.5 Å². The maximum Gasteiger partial charge on any atom is 0.314 e. The van der Waals surface area contributed by atoms with Gasteiger partial charge in [-0.05, 0) is 111 Å². The predicted molar refractivity (Wildman–Crippen MR) is 141 cm³/mol. The Balaban J connectivity index is 1.32. The molecule has 2 aliphatic carbocycles. The predicted octanol–water partition coefficient (Wildman–Crippen LogP) is 9.40. The van der Waals surface area contributed by atoms with Gasteiger partial charge >= 0.3 is 5.97 Å². The van der Waals surface area contributed by atoms with Gasteiger partial charge in [0.15, 0.2) is 11.6 Å². The van der Waals surface area contributed by atoms with Gasteiger partial charge in [-0.15, -0.1) is 0 Å². The molecule has 0 spiro atoms. The highest BCUT2D eigenvalue weighted by Crippen LogP contribution is 2.41. The minimum Gasteiger partial charge on any atom is -0.423 e. The topological polar surface area (TPSA) is 26.3 Å². The van der Waals surface area contributed by atoms with Gasteiger partial charge in [-0.25, -0.2) is 8.78 Å². The van der Waals surface area contributed by atoms with Gasteiger partial charge in [0, 0.05) is 0 Å². The van der Waals surface area contributed by atoms with E-state index in [0.717, 1.165) is 75.3 Å². The minimum atomic E-state index is -1.06. The van der Waals surface area contributed by atoms with Crippen LogP contribution < -0.4 is 4.74 Å². The average molecular weight is 515 g/mol. The molecule has 4 rings (SSSR count). The third-order valence-electron chi connectivity index (χ3n) is 8.68. The Hall–Kier alpha value is -2.30. The highest BCUT2D eigenvalue weighted by atomic mass is 19.2. The number of unbranched alkanes of at least 4 members (excludes halogenated alkanes) is 1. The number of hydrogen-bond acceptors (Lipinski definition) is 2. The molecule has 0 saturated heterocycles. The van der Waals surface area contributed by atoms with E-state index >= 15 is 0 Å². The summed E-state index contributed by atoms with van der Waals surface area (Å²) in [6.07, 6.45) is 11.6. The van der Waals surface area contributed by atoms with Crippen LogP contribution in [0.2, 0.25) is 0 Å². The second kappa shape index (κ2) is 13.0. The molecular formula is C32H41F3O2. The lowest BCUT2D eigenvalue weighted by atomic mass is 9.77. The normalized spacial score (nSPS) is 24.1. The van der Waals surface area contributed by atoms with Crippen LogP contribution in [0.3, 0.4) is 0 Å². The maximum absolute atomic E-state index is 15.0. The highest BCUT2D eigenvalue weighted by molar-refractivity contribution is 5.75. The van der Waals surface area contributed by atoms with Crippen LogP contribution in [0.1, 0.15) is 119 Å². The van der Waals surface area contributed by atoms with E-state index in [4.69, 9.17) is 4.74 Å². The van der Waals surface area contributed by atoms with E-state index in [2.05, 4.69) is 13.8 Å². The number of carbonyl (C=O) groups is 1. The molecule has 0 heterocycles. The van der Waals surface area contributed by atoms with Gasteiger partial charge < -0.3 is 4.74 Å². The van der Waals surface area contributed by atoms with Crippen LogP contribution in [-0.4, -0.2) is 5.97 Å². The molecule has 202 valence electrons. The van der Waals surface area contributed by atoms with Crippen LogP contribution in [0, 0.1) is 29.3 Å². The fourth-order valence-corrected chi connectivity index (χ4v) is 6.35. The number of hydrogen-bond donors (Lipinski definition) is 0. The molecule has 2 fully saturated rings. The number of aryl methyl sites for hydroxylation is 1. The summed E-state index contributed by atoms with van der Waals surface area (Å²) in [6, 6.07) is 8.55. The molecular weight excluding hydrogens is 473 g/mol. The molecule has 0 radical (unpaired) electrons. The molecule has 5 heteroatoms. The van der Waals surface area contributed by atoms with E-state index in [9.17, 15) is 18.0 Å². The summed E-state index contributed by atoms with van der Waals surface area (Å²) in [6.45, 7) is 4.27. The molecule has 2 nitrogen and oxygen atoms in total. The van der Waals surface area contributed by atoms with Crippen molar-refractivity contribution in [3.05, 3.63) is 64.5 Å². The van der Waals surface area contributed by atoms with E-state index in [1.54, 1.807) is 12.1 Å². The molecule has 2 aromatic carbocycles. The lowest BCUT2D eigenvalue weighted by molar-refractivity contribution is -0.140. The molecule has 2 aromatic rings. The van der Waals surface area contributed by atoms with Gasteiger partial charge in [-0.2, -0.15) is 4.39 Å². The van der Waals surface area contributed by atoms with Gasteiger partial charge in [-0.3, -0.25) is 4.79 Å². The van der Waals surface area contributed by atoms with Crippen molar-refractivity contribution < 1.29 is 22.7 Å². The Kier molecular flexibility index (Phi) is 9.72. The molecule has 0 N–H and O–H groups in total. The first-order valence-electron chi connectivity index (χ1n) is 14.4. The van der Waals surface area contributed by atoms with Gasteiger partial charge in [0.1, 0.15) is 5.82 Å². The summed E-state index contributed by atoms with van der Waals surface area (Å²) in [7, 11) is 0. The molecule has 0 unspecified atom stereocenters. The molecule has 2 saturated carbocycles. The van der Waals surface area contributed by atoms with Crippen molar-refractivity contribution in [3.63, 3.8) is 0 Å². The third-order valence-corrected chi connectivity index (χ3v) is 8.68. The van der Waals surface area contributed by atoms with E-state index in [1.807, 2.05) is 12.1 Å². The Morgan fingerprint density at radius 3 is 2.19 bits per heavy atom. The number of carbonyl (C=O) groups excluding carboxylic acids is 1. The summed E-state index contributed by atoms with van der Waals surface area (Å²) in [4.78, 5) is 12.8. The lowest BCUT2D eigenvalue weighted by Crippen LogP contribution is -2.25. The van der Waals surface area contributed by atoms with Gasteiger partial charge in [-0.1, -0.05) is 51.3 Å². The standard InChI is InChI=1S/C32H41F3O2/c1-3-5-7-24-14-17-26(20-28(24)33)22-12-15-25(16-13-22)32(36)37-29-19-18-27(30(34)31(29)35)23-10-8-21(6-4-2)9-11-23/h14,17-23,25H,3-13,15-16H2,1-2H3. The number of rotatable bonds is 9. The zero-order valence-electron chi connectivity index (χ0n) is 22.3. The van der Waals surface area contributed by atoms with Crippen molar-refractivity contribution >= 4 is 5.97 Å². The van der Waals surface area contributed by atoms with Crippen LogP contribution in [0.5, 0.6) is 5.75 Å². The average Bonchev–Trinajstić information content (AvgIpc) is 2.91.